The van der Waals surface area contributed by atoms with Crippen LogP contribution in [0, 0.1) is 5.82 Å². The highest BCUT2D eigenvalue weighted by molar-refractivity contribution is 5.80. The molecular formula is C22H26FN5O. The van der Waals surface area contributed by atoms with Gasteiger partial charge in [-0.2, -0.15) is 0 Å². The van der Waals surface area contributed by atoms with Crippen LogP contribution in [0.4, 0.5) is 10.2 Å². The zero-order valence-electron chi connectivity index (χ0n) is 16.6. The van der Waals surface area contributed by atoms with Crippen molar-refractivity contribution in [3.63, 3.8) is 0 Å². The van der Waals surface area contributed by atoms with Crippen molar-refractivity contribution < 1.29 is 9.13 Å². The Kier molecular flexibility index (Phi) is 4.85. The molecule has 0 amide bonds. The summed E-state index contributed by atoms with van der Waals surface area (Å²) < 4.78 is 22.8. The second-order valence-electron chi connectivity index (χ2n) is 7.74. The zero-order chi connectivity index (χ0) is 19.8. The second-order valence-corrected chi connectivity index (χ2v) is 7.74. The maximum atomic E-state index is 14.7. The first-order chi connectivity index (χ1) is 14.2. The molecule has 4 bridgehead atoms. The summed E-state index contributed by atoms with van der Waals surface area (Å²) in [6.45, 7) is 8.66. The molecule has 4 heterocycles. The van der Waals surface area contributed by atoms with Gasteiger partial charge in [0, 0.05) is 56.2 Å². The van der Waals surface area contributed by atoms with E-state index in [1.165, 1.54) is 6.07 Å². The van der Waals surface area contributed by atoms with Crippen LogP contribution in [0.25, 0.3) is 16.8 Å². The molecule has 1 N–H and O–H groups in total. The summed E-state index contributed by atoms with van der Waals surface area (Å²) in [7, 11) is 0. The van der Waals surface area contributed by atoms with Crippen LogP contribution in [-0.2, 0) is 0 Å². The molecule has 0 spiro atoms. The largest absolute Gasteiger partial charge is 0.492 e. The molecule has 0 radical (unpaired) electrons. The van der Waals surface area contributed by atoms with E-state index in [1.807, 2.05) is 28.9 Å². The molecule has 1 atom stereocenters. The summed E-state index contributed by atoms with van der Waals surface area (Å²) in [5, 5.41) is 3.44. The van der Waals surface area contributed by atoms with Gasteiger partial charge in [0.05, 0.1) is 6.04 Å². The van der Waals surface area contributed by atoms with Crippen LogP contribution in [0.2, 0.25) is 0 Å². The van der Waals surface area contributed by atoms with Gasteiger partial charge < -0.3 is 19.4 Å². The molecule has 1 fully saturated rings. The predicted molar refractivity (Wildman–Crippen MR) is 112 cm³/mol. The minimum atomic E-state index is -0.269. The molecule has 29 heavy (non-hydrogen) atoms. The summed E-state index contributed by atoms with van der Waals surface area (Å²) in [5.74, 6) is 1.24. The molecule has 3 aromatic rings. The van der Waals surface area contributed by atoms with Crippen LogP contribution in [0.5, 0.6) is 5.75 Å². The summed E-state index contributed by atoms with van der Waals surface area (Å²) in [4.78, 5) is 9.69. The summed E-state index contributed by atoms with van der Waals surface area (Å²) in [6, 6.07) is 9.17. The molecule has 6 nitrogen and oxygen atoms in total. The van der Waals surface area contributed by atoms with E-state index in [2.05, 4.69) is 22.0 Å². The molecule has 0 aliphatic carbocycles. The summed E-state index contributed by atoms with van der Waals surface area (Å²) in [5.41, 5.74) is 2.02. The molecular weight excluding hydrogens is 369 g/mol. The Labute approximate surface area is 169 Å². The van der Waals surface area contributed by atoms with Crippen molar-refractivity contribution in [2.75, 3.05) is 51.2 Å². The number of nitrogens with one attached hydrogen (secondary N) is 1. The van der Waals surface area contributed by atoms with Crippen molar-refractivity contribution in [2.45, 2.75) is 13.0 Å². The number of aromatic nitrogens is 2. The molecule has 1 aromatic carbocycles. The maximum absolute atomic E-state index is 14.7. The van der Waals surface area contributed by atoms with Gasteiger partial charge in [-0.1, -0.05) is 6.92 Å². The van der Waals surface area contributed by atoms with Crippen molar-refractivity contribution in [2.24, 2.45) is 0 Å². The maximum Gasteiger partial charge on any atom is 0.147 e. The van der Waals surface area contributed by atoms with Gasteiger partial charge in [-0.15, -0.1) is 0 Å². The highest BCUT2D eigenvalue weighted by atomic mass is 19.1. The van der Waals surface area contributed by atoms with Crippen molar-refractivity contribution in [3.8, 4) is 16.9 Å². The van der Waals surface area contributed by atoms with E-state index in [9.17, 15) is 4.39 Å². The van der Waals surface area contributed by atoms with Crippen LogP contribution in [-0.4, -0.2) is 71.1 Å². The molecule has 2 aromatic heterocycles. The Morgan fingerprint density at radius 3 is 2.93 bits per heavy atom. The average Bonchev–Trinajstić information content (AvgIpc) is 3.16. The fourth-order valence-electron chi connectivity index (χ4n) is 4.31. The van der Waals surface area contributed by atoms with Crippen molar-refractivity contribution in [1.82, 2.24) is 19.2 Å². The van der Waals surface area contributed by atoms with Gasteiger partial charge in [-0.3, -0.25) is 4.90 Å². The number of likely N-dealkylation sites (N-methyl/N-ethyl adjacent to an activating group) is 1. The minimum absolute atomic E-state index is 0.269. The lowest BCUT2D eigenvalue weighted by Gasteiger charge is -2.41. The third kappa shape index (κ3) is 3.56. The molecule has 5 rings (SSSR count). The highest BCUT2D eigenvalue weighted by Gasteiger charge is 2.27. The lowest BCUT2D eigenvalue weighted by molar-refractivity contribution is 0.0516. The minimum Gasteiger partial charge on any atom is -0.492 e. The molecule has 2 aliphatic rings. The monoisotopic (exact) mass is 395 g/mol. The number of rotatable bonds is 1. The standard InChI is InChI=1S/C22H26FN5O/c1-2-26-11-12-27-10-7-24-21-6-9-28-8-5-18(22(28)25-21)19-13-17(3-4-20(19)23)29-15-16(27)14-26/h3-6,8-9,13,16H,2,7,10-12,14-15H2,1H3,(H,24,25). The summed E-state index contributed by atoms with van der Waals surface area (Å²) >= 11 is 0. The van der Waals surface area contributed by atoms with Crippen LogP contribution >= 0.6 is 0 Å². The first-order valence-electron chi connectivity index (χ1n) is 10.3. The van der Waals surface area contributed by atoms with E-state index in [0.29, 0.717) is 24.0 Å². The average molecular weight is 395 g/mol. The Hall–Kier alpha value is -2.64. The smallest absolute Gasteiger partial charge is 0.147 e. The highest BCUT2D eigenvalue weighted by Crippen LogP contribution is 2.31. The van der Waals surface area contributed by atoms with E-state index in [4.69, 9.17) is 9.72 Å². The number of piperazine rings is 1. The number of hydrogen-bond donors (Lipinski definition) is 1. The molecule has 2 aliphatic heterocycles. The van der Waals surface area contributed by atoms with Gasteiger partial charge in [0.1, 0.15) is 29.6 Å². The normalized spacial score (nSPS) is 20.7. The number of ether oxygens (including phenoxy) is 1. The van der Waals surface area contributed by atoms with Crippen molar-refractivity contribution >= 4 is 11.5 Å². The topological polar surface area (TPSA) is 45.0 Å². The molecule has 1 saturated heterocycles. The first-order valence-corrected chi connectivity index (χ1v) is 10.3. The number of benzene rings is 1. The lowest BCUT2D eigenvalue weighted by atomic mass is 10.1. The van der Waals surface area contributed by atoms with E-state index in [0.717, 1.165) is 56.3 Å². The van der Waals surface area contributed by atoms with E-state index >= 15 is 0 Å². The predicted octanol–water partition coefficient (Wildman–Crippen LogP) is 2.95. The Morgan fingerprint density at radius 2 is 2.03 bits per heavy atom. The third-order valence-corrected chi connectivity index (χ3v) is 6.02. The number of halogens is 1. The van der Waals surface area contributed by atoms with E-state index in [1.54, 1.807) is 12.1 Å². The summed E-state index contributed by atoms with van der Waals surface area (Å²) in [6.07, 6.45) is 3.87. The van der Waals surface area contributed by atoms with Gasteiger partial charge in [0.2, 0.25) is 0 Å². The van der Waals surface area contributed by atoms with E-state index < -0.39 is 0 Å². The molecule has 0 saturated carbocycles. The number of hydrogen-bond acceptors (Lipinski definition) is 5. The molecule has 152 valence electrons. The van der Waals surface area contributed by atoms with Crippen LogP contribution in [0.15, 0.2) is 42.7 Å². The number of fused-ring (bicyclic) bond motifs is 5. The Balaban J connectivity index is 1.54. The van der Waals surface area contributed by atoms with Gasteiger partial charge in [0.25, 0.3) is 0 Å². The number of anilines is 1. The zero-order valence-corrected chi connectivity index (χ0v) is 16.6. The fraction of sp³-hybridized carbons (Fsp3) is 0.409. The van der Waals surface area contributed by atoms with Gasteiger partial charge in [-0.05, 0) is 36.9 Å². The third-order valence-electron chi connectivity index (χ3n) is 6.02. The SMILES string of the molecule is CCN1CCN2CCNc3ccn4ccc(c4n3)-c3cc(ccc3F)OCC2C1. The van der Waals surface area contributed by atoms with Crippen LogP contribution in [0.3, 0.4) is 0 Å². The van der Waals surface area contributed by atoms with E-state index in [-0.39, 0.29) is 5.82 Å². The van der Waals surface area contributed by atoms with Gasteiger partial charge >= 0.3 is 0 Å². The molecule has 1 unspecified atom stereocenters. The second kappa shape index (κ2) is 7.65. The Morgan fingerprint density at radius 1 is 1.14 bits per heavy atom. The van der Waals surface area contributed by atoms with Crippen molar-refractivity contribution in [1.29, 1.82) is 0 Å². The van der Waals surface area contributed by atoms with Gasteiger partial charge in [0.15, 0.2) is 0 Å². The van der Waals surface area contributed by atoms with Gasteiger partial charge in [-0.25, -0.2) is 9.37 Å². The number of nitrogens with zero attached hydrogens (tertiary/aromatic N) is 4. The first kappa shape index (κ1) is 18.4. The Bertz CT molecular complexity index is 1020. The van der Waals surface area contributed by atoms with Crippen LogP contribution in [0.1, 0.15) is 6.92 Å². The lowest BCUT2D eigenvalue weighted by Crippen LogP contribution is -2.56. The fourth-order valence-corrected chi connectivity index (χ4v) is 4.31. The quantitative estimate of drug-likeness (QED) is 0.686. The van der Waals surface area contributed by atoms with Crippen LogP contribution < -0.4 is 10.1 Å². The van der Waals surface area contributed by atoms with Crippen molar-refractivity contribution in [3.05, 3.63) is 48.5 Å². The molecule has 7 heteroatoms.